The molecule has 1 aliphatic heterocycles. The fourth-order valence-corrected chi connectivity index (χ4v) is 3.38. The first-order valence-corrected chi connectivity index (χ1v) is 9.55. The van der Waals surface area contributed by atoms with E-state index >= 15 is 0 Å². The van der Waals surface area contributed by atoms with Crippen molar-refractivity contribution in [3.63, 3.8) is 0 Å². The number of rotatable bonds is 3. The van der Waals surface area contributed by atoms with Gasteiger partial charge in [-0.25, -0.2) is 17.2 Å². The summed E-state index contributed by atoms with van der Waals surface area (Å²) in [6.45, 7) is 0. The molecule has 0 fully saturated rings. The van der Waals surface area contributed by atoms with Crippen molar-refractivity contribution in [1.82, 2.24) is 0 Å². The van der Waals surface area contributed by atoms with Crippen molar-refractivity contribution >= 4 is 21.2 Å². The monoisotopic (exact) mass is 404 g/mol. The van der Waals surface area contributed by atoms with E-state index in [0.29, 0.717) is 0 Å². The molecule has 0 saturated heterocycles. The molecule has 144 valence electrons. The van der Waals surface area contributed by atoms with Crippen LogP contribution in [0, 0.1) is 11.6 Å². The van der Waals surface area contributed by atoms with Gasteiger partial charge in [-0.2, -0.15) is 18.3 Å². The summed E-state index contributed by atoms with van der Waals surface area (Å²) >= 11 is 0. The van der Waals surface area contributed by atoms with E-state index in [-0.39, 0.29) is 16.1 Å². The Labute approximate surface area is 151 Å². The van der Waals surface area contributed by atoms with Crippen molar-refractivity contribution < 1.29 is 30.4 Å². The number of halogens is 5. The second-order valence-electron chi connectivity index (χ2n) is 6.05. The van der Waals surface area contributed by atoms with E-state index in [1.54, 1.807) is 0 Å². The number of hydrogen-bond acceptors (Lipinski definition) is 4. The van der Waals surface area contributed by atoms with Gasteiger partial charge >= 0.3 is 6.18 Å². The Morgan fingerprint density at radius 3 is 2.19 bits per heavy atom. The highest BCUT2D eigenvalue weighted by Gasteiger charge is 2.43. The molecule has 0 saturated carbocycles. The van der Waals surface area contributed by atoms with Crippen LogP contribution in [-0.2, 0) is 9.84 Å². The molecule has 0 radical (unpaired) electrons. The number of hydrogen-bond donors (Lipinski definition) is 0. The third-order valence-corrected chi connectivity index (χ3v) is 5.22. The zero-order valence-electron chi connectivity index (χ0n) is 13.8. The zero-order valence-corrected chi connectivity index (χ0v) is 14.7. The molecule has 0 bridgehead atoms. The van der Waals surface area contributed by atoms with Crippen molar-refractivity contribution in [2.45, 2.75) is 23.5 Å². The number of alkyl halides is 3. The van der Waals surface area contributed by atoms with Gasteiger partial charge in [0.1, 0.15) is 5.71 Å². The van der Waals surface area contributed by atoms with Crippen LogP contribution in [0.2, 0.25) is 0 Å². The first-order chi connectivity index (χ1) is 12.5. The van der Waals surface area contributed by atoms with Crippen LogP contribution < -0.4 is 5.01 Å². The summed E-state index contributed by atoms with van der Waals surface area (Å²) in [5.74, 6) is -2.29. The van der Waals surface area contributed by atoms with E-state index in [1.807, 2.05) is 0 Å². The van der Waals surface area contributed by atoms with Gasteiger partial charge in [-0.1, -0.05) is 6.07 Å². The fraction of sp³-hybridized carbons (Fsp3) is 0.235. The van der Waals surface area contributed by atoms with Crippen molar-refractivity contribution in [2.75, 3.05) is 11.3 Å². The van der Waals surface area contributed by atoms with Crippen LogP contribution in [0.15, 0.2) is 52.5 Å². The minimum absolute atomic E-state index is 0.00477. The molecular formula is C17H13F5N2O2S. The summed E-state index contributed by atoms with van der Waals surface area (Å²) in [6, 6.07) is 6.95. The van der Waals surface area contributed by atoms with E-state index in [4.69, 9.17) is 0 Å². The molecule has 1 heterocycles. The quantitative estimate of drug-likeness (QED) is 0.720. The van der Waals surface area contributed by atoms with Crippen LogP contribution in [0.4, 0.5) is 27.6 Å². The Morgan fingerprint density at radius 2 is 1.67 bits per heavy atom. The first-order valence-electron chi connectivity index (χ1n) is 7.66. The topological polar surface area (TPSA) is 49.7 Å². The Bertz CT molecular complexity index is 1000. The molecular weight excluding hydrogens is 391 g/mol. The Kier molecular flexibility index (Phi) is 4.71. The van der Waals surface area contributed by atoms with Crippen LogP contribution in [0.3, 0.4) is 0 Å². The molecule has 27 heavy (non-hydrogen) atoms. The average molecular weight is 404 g/mol. The van der Waals surface area contributed by atoms with Gasteiger partial charge in [0.2, 0.25) is 0 Å². The minimum Gasteiger partial charge on any atom is -0.257 e. The Morgan fingerprint density at radius 1 is 1.04 bits per heavy atom. The lowest BCUT2D eigenvalue weighted by atomic mass is 10.0. The predicted octanol–water partition coefficient (Wildman–Crippen LogP) is 4.24. The summed E-state index contributed by atoms with van der Waals surface area (Å²) in [5.41, 5.74) is -0.759. The van der Waals surface area contributed by atoms with Gasteiger partial charge < -0.3 is 0 Å². The molecule has 0 amide bonds. The Hall–Kier alpha value is -2.49. The first kappa shape index (κ1) is 19.3. The SMILES string of the molecule is CS(=O)(=O)c1ccc(N2N=C(C(F)(F)F)CC2c2ccc(F)c(F)c2)cc1. The Balaban J connectivity index is 2.04. The normalized spacial score (nSPS) is 17.9. The van der Waals surface area contributed by atoms with Crippen LogP contribution >= 0.6 is 0 Å². The molecule has 4 nitrogen and oxygen atoms in total. The average Bonchev–Trinajstić information content (AvgIpc) is 3.02. The molecule has 0 spiro atoms. The summed E-state index contributed by atoms with van der Waals surface area (Å²) in [5, 5.41) is 4.62. The molecule has 0 aromatic heterocycles. The largest absolute Gasteiger partial charge is 0.431 e. The maximum Gasteiger partial charge on any atom is 0.431 e. The lowest BCUT2D eigenvalue weighted by Gasteiger charge is -2.24. The van der Waals surface area contributed by atoms with Gasteiger partial charge in [-0.05, 0) is 42.0 Å². The number of anilines is 1. The molecule has 1 unspecified atom stereocenters. The number of sulfone groups is 1. The summed E-state index contributed by atoms with van der Waals surface area (Å²) < 4.78 is 89.2. The number of benzene rings is 2. The number of hydrazone groups is 1. The van der Waals surface area contributed by atoms with Crippen LogP contribution in [0.25, 0.3) is 0 Å². The van der Waals surface area contributed by atoms with Gasteiger partial charge in [0, 0.05) is 12.7 Å². The molecule has 0 N–H and O–H groups in total. The molecule has 10 heteroatoms. The minimum atomic E-state index is -4.68. The lowest BCUT2D eigenvalue weighted by Crippen LogP contribution is -2.21. The van der Waals surface area contributed by atoms with Crippen molar-refractivity contribution in [3.8, 4) is 0 Å². The molecule has 1 atom stereocenters. The summed E-state index contributed by atoms with van der Waals surface area (Å²) in [7, 11) is -3.48. The molecule has 2 aromatic rings. The highest BCUT2D eigenvalue weighted by Crippen LogP contribution is 2.39. The van der Waals surface area contributed by atoms with Crippen LogP contribution in [0.1, 0.15) is 18.0 Å². The summed E-state index contributed by atoms with van der Waals surface area (Å²) in [4.78, 5) is -0.00477. The van der Waals surface area contributed by atoms with E-state index in [9.17, 15) is 30.4 Å². The van der Waals surface area contributed by atoms with E-state index in [1.165, 1.54) is 30.3 Å². The number of nitrogens with zero attached hydrogens (tertiary/aromatic N) is 2. The molecule has 0 aliphatic carbocycles. The third kappa shape index (κ3) is 3.95. The van der Waals surface area contributed by atoms with Crippen molar-refractivity contribution in [2.24, 2.45) is 5.10 Å². The van der Waals surface area contributed by atoms with E-state index in [0.717, 1.165) is 23.4 Å². The lowest BCUT2D eigenvalue weighted by molar-refractivity contribution is -0.0600. The van der Waals surface area contributed by atoms with Gasteiger partial charge in [0.15, 0.2) is 21.5 Å². The highest BCUT2D eigenvalue weighted by molar-refractivity contribution is 7.90. The van der Waals surface area contributed by atoms with Gasteiger partial charge in [0.05, 0.1) is 16.6 Å². The predicted molar refractivity (Wildman–Crippen MR) is 89.2 cm³/mol. The summed E-state index contributed by atoms with van der Waals surface area (Å²) in [6.07, 6.45) is -4.23. The maximum atomic E-state index is 13.6. The second kappa shape index (κ2) is 6.59. The van der Waals surface area contributed by atoms with Crippen molar-refractivity contribution in [1.29, 1.82) is 0 Å². The third-order valence-electron chi connectivity index (χ3n) is 4.10. The standard InChI is InChI=1S/C17H13F5N2O2S/c1-27(25,26)12-5-3-11(4-6-12)24-15(9-16(23-24)17(20,21)22)10-2-7-13(18)14(19)8-10/h2-8,15H,9H2,1H3. The zero-order chi connectivity index (χ0) is 20.0. The molecule has 3 rings (SSSR count). The van der Waals surface area contributed by atoms with Gasteiger partial charge in [0.25, 0.3) is 0 Å². The fourth-order valence-electron chi connectivity index (χ4n) is 2.75. The van der Waals surface area contributed by atoms with Crippen LogP contribution in [-0.4, -0.2) is 26.6 Å². The van der Waals surface area contributed by atoms with Crippen LogP contribution in [0.5, 0.6) is 0 Å². The van der Waals surface area contributed by atoms with E-state index in [2.05, 4.69) is 5.10 Å². The highest BCUT2D eigenvalue weighted by atomic mass is 32.2. The second-order valence-corrected chi connectivity index (χ2v) is 8.06. The molecule has 1 aliphatic rings. The van der Waals surface area contributed by atoms with E-state index < -0.39 is 45.8 Å². The smallest absolute Gasteiger partial charge is 0.257 e. The van der Waals surface area contributed by atoms with Gasteiger partial charge in [-0.15, -0.1) is 0 Å². The van der Waals surface area contributed by atoms with Crippen molar-refractivity contribution in [3.05, 3.63) is 59.7 Å². The van der Waals surface area contributed by atoms with Gasteiger partial charge in [-0.3, -0.25) is 5.01 Å². The molecule has 2 aromatic carbocycles. The maximum absolute atomic E-state index is 13.6.